The van der Waals surface area contributed by atoms with E-state index in [-0.39, 0.29) is 0 Å². The first-order valence-electron chi connectivity index (χ1n) is 8.72. The molecular weight excluding hydrogens is 324 g/mol. The summed E-state index contributed by atoms with van der Waals surface area (Å²) in [5, 5.41) is 5.82. The first-order valence-corrected chi connectivity index (χ1v) is 8.72. The average molecular weight is 342 g/mol. The summed E-state index contributed by atoms with van der Waals surface area (Å²) in [7, 11) is 0. The molecular formula is C20H18N6. The number of nitrogens with zero attached hydrogens (tertiary/aromatic N) is 5. The van der Waals surface area contributed by atoms with Crippen molar-refractivity contribution >= 4 is 27.5 Å². The molecule has 4 aromatic heterocycles. The Morgan fingerprint density at radius 2 is 1.96 bits per heavy atom. The number of imidazole rings is 1. The maximum Gasteiger partial charge on any atom is 0.115 e. The molecule has 0 saturated heterocycles. The fraction of sp³-hybridized carbons (Fsp3) is 0.200. The van der Waals surface area contributed by atoms with Crippen molar-refractivity contribution in [3.8, 4) is 0 Å². The first kappa shape index (κ1) is 15.0. The minimum Gasteiger partial charge on any atom is -0.342 e. The van der Waals surface area contributed by atoms with E-state index >= 15 is 0 Å². The van der Waals surface area contributed by atoms with E-state index in [1.54, 1.807) is 0 Å². The maximum absolute atomic E-state index is 4.78. The molecule has 0 radical (unpaired) electrons. The van der Waals surface area contributed by atoms with Gasteiger partial charge in [0, 0.05) is 24.2 Å². The highest BCUT2D eigenvalue weighted by molar-refractivity contribution is 6.01. The molecule has 0 fully saturated rings. The molecule has 128 valence electrons. The van der Waals surface area contributed by atoms with Crippen molar-refractivity contribution in [2.75, 3.05) is 0 Å². The van der Waals surface area contributed by atoms with Crippen LogP contribution in [0.25, 0.3) is 27.5 Å². The number of hydrogen-bond donors (Lipinski definition) is 1. The molecule has 0 atom stereocenters. The van der Waals surface area contributed by atoms with Crippen LogP contribution in [0.15, 0.2) is 42.7 Å². The third kappa shape index (κ3) is 2.34. The number of rotatable bonds is 3. The van der Waals surface area contributed by atoms with Gasteiger partial charge in [-0.3, -0.25) is 9.97 Å². The summed E-state index contributed by atoms with van der Waals surface area (Å²) in [4.78, 5) is 17.1. The third-order valence-electron chi connectivity index (χ3n) is 4.80. The highest BCUT2D eigenvalue weighted by Crippen LogP contribution is 2.22. The molecule has 0 bridgehead atoms. The molecule has 0 unspecified atom stereocenters. The van der Waals surface area contributed by atoms with Crippen molar-refractivity contribution in [1.29, 1.82) is 0 Å². The Balaban J connectivity index is 1.47. The summed E-state index contributed by atoms with van der Waals surface area (Å²) in [5.41, 5.74) is 7.06. The van der Waals surface area contributed by atoms with E-state index in [4.69, 9.17) is 10.1 Å². The van der Waals surface area contributed by atoms with E-state index < -0.39 is 0 Å². The van der Waals surface area contributed by atoms with Crippen molar-refractivity contribution in [3.63, 3.8) is 0 Å². The van der Waals surface area contributed by atoms with Crippen molar-refractivity contribution in [3.05, 3.63) is 65.6 Å². The Morgan fingerprint density at radius 1 is 1.04 bits per heavy atom. The van der Waals surface area contributed by atoms with Crippen LogP contribution in [0.5, 0.6) is 0 Å². The molecule has 26 heavy (non-hydrogen) atoms. The Bertz CT molecular complexity index is 1220. The number of nitrogens with one attached hydrogen (secondary N) is 1. The number of aromatic amines is 1. The summed E-state index contributed by atoms with van der Waals surface area (Å²) >= 11 is 0. The molecule has 1 aromatic carbocycles. The summed E-state index contributed by atoms with van der Waals surface area (Å²) in [6.45, 7) is 4.03. The molecule has 5 rings (SSSR count). The SMILES string of the molecule is Cc1ncc(C)n2nc(CCc3nc4c(ccc5cccnc54)[nH]3)cc12. The Hall–Kier alpha value is -3.28. The van der Waals surface area contributed by atoms with Crippen molar-refractivity contribution in [1.82, 2.24) is 29.5 Å². The fourth-order valence-corrected chi connectivity index (χ4v) is 3.42. The van der Waals surface area contributed by atoms with Crippen molar-refractivity contribution in [2.45, 2.75) is 26.7 Å². The molecule has 0 amide bonds. The molecule has 0 saturated carbocycles. The number of aryl methyl sites for hydroxylation is 4. The average Bonchev–Trinajstić information content (AvgIpc) is 3.28. The molecule has 0 spiro atoms. The molecule has 1 N–H and O–H groups in total. The number of aromatic nitrogens is 6. The number of H-pyrrole nitrogens is 1. The lowest BCUT2D eigenvalue weighted by atomic mass is 10.2. The zero-order valence-corrected chi connectivity index (χ0v) is 14.7. The van der Waals surface area contributed by atoms with Gasteiger partial charge in [0.05, 0.1) is 33.6 Å². The highest BCUT2D eigenvalue weighted by atomic mass is 15.2. The highest BCUT2D eigenvalue weighted by Gasteiger charge is 2.10. The van der Waals surface area contributed by atoms with Crippen molar-refractivity contribution in [2.24, 2.45) is 0 Å². The van der Waals surface area contributed by atoms with Crippen LogP contribution in [-0.2, 0) is 12.8 Å². The lowest BCUT2D eigenvalue weighted by molar-refractivity contribution is 0.809. The van der Waals surface area contributed by atoms with Gasteiger partial charge in [-0.2, -0.15) is 5.10 Å². The molecule has 5 aromatic rings. The van der Waals surface area contributed by atoms with E-state index in [0.29, 0.717) is 0 Å². The molecule has 6 nitrogen and oxygen atoms in total. The standard InChI is InChI=1S/C20H18N6/c1-12-11-22-13(2)17-10-15(25-26(12)17)6-8-18-23-16-7-5-14-4-3-9-21-19(14)20(16)24-18/h3-5,7,9-11H,6,8H2,1-2H3,(H,23,24). The maximum atomic E-state index is 4.78. The van der Waals surface area contributed by atoms with E-state index in [9.17, 15) is 0 Å². The lowest BCUT2D eigenvalue weighted by Gasteiger charge is -1.99. The van der Waals surface area contributed by atoms with Gasteiger partial charge in [-0.05, 0) is 38.5 Å². The Morgan fingerprint density at radius 3 is 2.85 bits per heavy atom. The van der Waals surface area contributed by atoms with Crippen molar-refractivity contribution < 1.29 is 0 Å². The fourth-order valence-electron chi connectivity index (χ4n) is 3.42. The first-order chi connectivity index (χ1) is 12.7. The number of pyridine rings is 1. The van der Waals surface area contributed by atoms with Gasteiger partial charge in [-0.25, -0.2) is 9.50 Å². The summed E-state index contributed by atoms with van der Waals surface area (Å²) in [5.74, 6) is 0.960. The lowest BCUT2D eigenvalue weighted by Crippen LogP contribution is -1.98. The predicted octanol–water partition coefficient (Wildman–Crippen LogP) is 3.56. The van der Waals surface area contributed by atoms with E-state index in [0.717, 1.165) is 63.2 Å². The smallest absolute Gasteiger partial charge is 0.115 e. The monoisotopic (exact) mass is 342 g/mol. The summed E-state index contributed by atoms with van der Waals surface area (Å²) in [6, 6.07) is 10.3. The quantitative estimate of drug-likeness (QED) is 0.544. The second kappa shape index (κ2) is 5.62. The van der Waals surface area contributed by atoms with Crippen LogP contribution < -0.4 is 0 Å². The molecule has 6 heteroatoms. The molecule has 0 aliphatic heterocycles. The van der Waals surface area contributed by atoms with Gasteiger partial charge in [0.25, 0.3) is 0 Å². The van der Waals surface area contributed by atoms with Crippen LogP contribution in [0, 0.1) is 13.8 Å². The zero-order chi connectivity index (χ0) is 17.7. The van der Waals surface area contributed by atoms with Crippen LogP contribution in [0.2, 0.25) is 0 Å². The molecule has 0 aliphatic rings. The van der Waals surface area contributed by atoms with E-state index in [1.165, 1.54) is 0 Å². The minimum absolute atomic E-state index is 0.804. The van der Waals surface area contributed by atoms with Gasteiger partial charge in [-0.15, -0.1) is 0 Å². The summed E-state index contributed by atoms with van der Waals surface area (Å²) in [6.07, 6.45) is 5.30. The van der Waals surface area contributed by atoms with Crippen LogP contribution in [-0.4, -0.2) is 29.5 Å². The number of fused-ring (bicyclic) bond motifs is 4. The Kier molecular flexibility index (Phi) is 3.25. The van der Waals surface area contributed by atoms with Crippen LogP contribution >= 0.6 is 0 Å². The third-order valence-corrected chi connectivity index (χ3v) is 4.80. The molecule has 4 heterocycles. The van der Waals surface area contributed by atoms with Gasteiger partial charge in [0.15, 0.2) is 0 Å². The van der Waals surface area contributed by atoms with Gasteiger partial charge in [0.2, 0.25) is 0 Å². The minimum atomic E-state index is 0.804. The van der Waals surface area contributed by atoms with Gasteiger partial charge in [0.1, 0.15) is 11.3 Å². The van der Waals surface area contributed by atoms with E-state index in [1.807, 2.05) is 36.8 Å². The van der Waals surface area contributed by atoms with Gasteiger partial charge < -0.3 is 4.98 Å². The molecule has 0 aliphatic carbocycles. The number of hydrogen-bond acceptors (Lipinski definition) is 4. The summed E-state index contributed by atoms with van der Waals surface area (Å²) < 4.78 is 1.97. The van der Waals surface area contributed by atoms with Crippen LogP contribution in [0.3, 0.4) is 0 Å². The second-order valence-corrected chi connectivity index (χ2v) is 6.64. The second-order valence-electron chi connectivity index (χ2n) is 6.64. The van der Waals surface area contributed by atoms with Crippen LogP contribution in [0.1, 0.15) is 22.9 Å². The van der Waals surface area contributed by atoms with Gasteiger partial charge >= 0.3 is 0 Å². The Labute approximate surface area is 149 Å². The van der Waals surface area contributed by atoms with Gasteiger partial charge in [-0.1, -0.05) is 12.1 Å². The topological polar surface area (TPSA) is 71.8 Å². The zero-order valence-electron chi connectivity index (χ0n) is 14.7. The number of benzene rings is 1. The normalized spacial score (nSPS) is 11.8. The predicted molar refractivity (Wildman–Crippen MR) is 101 cm³/mol. The van der Waals surface area contributed by atoms with Crippen LogP contribution in [0.4, 0.5) is 0 Å². The van der Waals surface area contributed by atoms with E-state index in [2.05, 4.69) is 39.2 Å². The largest absolute Gasteiger partial charge is 0.342 e.